The van der Waals surface area contributed by atoms with Crippen molar-refractivity contribution in [2.45, 2.75) is 94.9 Å². The Morgan fingerprint density at radius 2 is 1.16 bits per heavy atom. The number of aryl methyl sites for hydroxylation is 7. The van der Waals surface area contributed by atoms with Gasteiger partial charge in [-0.05, 0) is 107 Å². The number of rotatable bonds is 14. The van der Waals surface area contributed by atoms with Crippen LogP contribution in [-0.2, 0) is 4.74 Å². The lowest BCUT2D eigenvalue weighted by molar-refractivity contribution is 0.0575. The maximum absolute atomic E-state index is 6.23. The van der Waals surface area contributed by atoms with Gasteiger partial charge in [-0.15, -0.1) is 0 Å². The van der Waals surface area contributed by atoms with Crippen molar-refractivity contribution in [1.29, 1.82) is 0 Å². The SMILES string of the molecule is CCCCC(CC)COCC(C)COc1ccc(-c2nc(-c3c(C)cc(C)cc3C)nc(-c3c(C)cc(C)cc3C)n2)c(C)c1. The molecule has 0 saturated carbocycles. The van der Waals surface area contributed by atoms with Gasteiger partial charge in [0.05, 0.1) is 13.2 Å². The Bertz CT molecular complexity index is 1490. The summed E-state index contributed by atoms with van der Waals surface area (Å²) in [5.74, 6) is 3.90. The number of hydrogen-bond acceptors (Lipinski definition) is 5. The highest BCUT2D eigenvalue weighted by molar-refractivity contribution is 5.74. The summed E-state index contributed by atoms with van der Waals surface area (Å²) in [5, 5.41) is 0. The molecule has 3 aromatic carbocycles. The molecule has 45 heavy (non-hydrogen) atoms. The molecule has 0 aliphatic rings. The van der Waals surface area contributed by atoms with Gasteiger partial charge >= 0.3 is 0 Å². The second-order valence-corrected chi connectivity index (χ2v) is 13.2. The van der Waals surface area contributed by atoms with Crippen molar-refractivity contribution in [2.75, 3.05) is 19.8 Å². The minimum absolute atomic E-state index is 0.310. The number of aromatic nitrogens is 3. The first-order chi connectivity index (χ1) is 21.5. The lowest BCUT2D eigenvalue weighted by Gasteiger charge is -2.18. The molecule has 240 valence electrons. The summed E-state index contributed by atoms with van der Waals surface area (Å²) in [4.78, 5) is 15.3. The van der Waals surface area contributed by atoms with Gasteiger partial charge in [0.25, 0.3) is 0 Å². The van der Waals surface area contributed by atoms with Crippen LogP contribution in [0.2, 0.25) is 0 Å². The normalized spacial score (nSPS) is 12.8. The quantitative estimate of drug-likeness (QED) is 0.143. The molecule has 5 nitrogen and oxygen atoms in total. The second-order valence-electron chi connectivity index (χ2n) is 13.2. The fourth-order valence-corrected chi connectivity index (χ4v) is 6.38. The highest BCUT2D eigenvalue weighted by Crippen LogP contribution is 2.33. The Hall–Kier alpha value is -3.57. The molecule has 0 saturated heterocycles. The summed E-state index contributed by atoms with van der Waals surface area (Å²) in [6.07, 6.45) is 4.95. The van der Waals surface area contributed by atoms with E-state index in [4.69, 9.17) is 24.4 Å². The van der Waals surface area contributed by atoms with E-state index >= 15 is 0 Å². The maximum Gasteiger partial charge on any atom is 0.164 e. The van der Waals surface area contributed by atoms with E-state index in [-0.39, 0.29) is 0 Å². The molecule has 0 bridgehead atoms. The number of benzene rings is 3. The molecule has 2 atom stereocenters. The molecule has 2 unspecified atom stereocenters. The van der Waals surface area contributed by atoms with Crippen molar-refractivity contribution >= 4 is 0 Å². The van der Waals surface area contributed by atoms with Crippen LogP contribution in [0, 0.1) is 60.3 Å². The molecule has 0 aliphatic carbocycles. The summed E-state index contributed by atoms with van der Waals surface area (Å²) < 4.78 is 12.3. The highest BCUT2D eigenvalue weighted by atomic mass is 16.5. The van der Waals surface area contributed by atoms with Gasteiger partial charge < -0.3 is 9.47 Å². The van der Waals surface area contributed by atoms with E-state index in [0.29, 0.717) is 42.5 Å². The summed E-state index contributed by atoms with van der Waals surface area (Å²) in [7, 11) is 0. The summed E-state index contributed by atoms with van der Waals surface area (Å²) in [6.45, 7) is 23.8. The Balaban J connectivity index is 1.61. The van der Waals surface area contributed by atoms with Crippen molar-refractivity contribution in [3.05, 3.63) is 81.4 Å². The van der Waals surface area contributed by atoms with Crippen LogP contribution in [0.25, 0.3) is 34.2 Å². The number of nitrogens with zero attached hydrogens (tertiary/aromatic N) is 3. The van der Waals surface area contributed by atoms with Crippen LogP contribution in [0.3, 0.4) is 0 Å². The third-order valence-electron chi connectivity index (χ3n) is 8.71. The summed E-state index contributed by atoms with van der Waals surface area (Å²) in [5.41, 5.74) is 11.3. The fourth-order valence-electron chi connectivity index (χ4n) is 6.38. The Kier molecular flexibility index (Phi) is 11.9. The van der Waals surface area contributed by atoms with Crippen LogP contribution in [-0.4, -0.2) is 34.8 Å². The average Bonchev–Trinajstić information content (AvgIpc) is 2.96. The minimum atomic E-state index is 0.310. The fraction of sp³-hybridized carbons (Fsp3) is 0.475. The predicted octanol–water partition coefficient (Wildman–Crippen LogP) is 10.3. The number of hydrogen-bond donors (Lipinski definition) is 0. The largest absolute Gasteiger partial charge is 0.493 e. The van der Waals surface area contributed by atoms with Crippen molar-refractivity contribution in [2.24, 2.45) is 11.8 Å². The molecule has 1 heterocycles. The van der Waals surface area contributed by atoms with Gasteiger partial charge in [-0.2, -0.15) is 0 Å². The van der Waals surface area contributed by atoms with E-state index in [1.165, 1.54) is 36.8 Å². The maximum atomic E-state index is 6.23. The first-order valence-electron chi connectivity index (χ1n) is 16.7. The highest BCUT2D eigenvalue weighted by Gasteiger charge is 2.19. The average molecular weight is 608 g/mol. The number of ether oxygens (including phenoxy) is 2. The van der Waals surface area contributed by atoms with Crippen molar-refractivity contribution in [3.8, 4) is 39.9 Å². The van der Waals surface area contributed by atoms with E-state index in [1.54, 1.807) is 0 Å². The zero-order valence-corrected chi connectivity index (χ0v) is 29.3. The van der Waals surface area contributed by atoms with Gasteiger partial charge in [0, 0.05) is 29.2 Å². The second kappa shape index (κ2) is 15.6. The third kappa shape index (κ3) is 8.79. The lowest BCUT2D eigenvalue weighted by Crippen LogP contribution is -2.18. The van der Waals surface area contributed by atoms with Crippen molar-refractivity contribution < 1.29 is 9.47 Å². The number of unbranched alkanes of at least 4 members (excludes halogenated alkanes) is 1. The van der Waals surface area contributed by atoms with Gasteiger partial charge in [0.2, 0.25) is 0 Å². The molecule has 0 amide bonds. The predicted molar refractivity (Wildman–Crippen MR) is 188 cm³/mol. The Morgan fingerprint density at radius 3 is 1.64 bits per heavy atom. The molecule has 4 aromatic rings. The zero-order valence-electron chi connectivity index (χ0n) is 29.3. The smallest absolute Gasteiger partial charge is 0.164 e. The zero-order chi connectivity index (χ0) is 32.7. The van der Waals surface area contributed by atoms with Crippen LogP contribution in [0.5, 0.6) is 5.75 Å². The minimum Gasteiger partial charge on any atom is -0.493 e. The molecular formula is C40H53N3O2. The third-order valence-corrected chi connectivity index (χ3v) is 8.71. The van der Waals surface area contributed by atoms with Gasteiger partial charge in [0.1, 0.15) is 5.75 Å². The monoisotopic (exact) mass is 607 g/mol. The van der Waals surface area contributed by atoms with Gasteiger partial charge in [-0.25, -0.2) is 15.0 Å². The molecule has 5 heteroatoms. The van der Waals surface area contributed by atoms with E-state index in [2.05, 4.69) is 106 Å². The van der Waals surface area contributed by atoms with Crippen molar-refractivity contribution in [3.63, 3.8) is 0 Å². The van der Waals surface area contributed by atoms with Crippen LogP contribution in [0.15, 0.2) is 42.5 Å². The van der Waals surface area contributed by atoms with E-state index in [0.717, 1.165) is 56.9 Å². The first-order valence-corrected chi connectivity index (χ1v) is 16.7. The summed E-state index contributed by atoms with van der Waals surface area (Å²) in [6, 6.07) is 15.0. The van der Waals surface area contributed by atoms with Gasteiger partial charge in [-0.1, -0.05) is 75.4 Å². The molecule has 0 spiro atoms. The van der Waals surface area contributed by atoms with Crippen LogP contribution >= 0.6 is 0 Å². The van der Waals surface area contributed by atoms with E-state index in [1.807, 2.05) is 6.07 Å². The molecular weight excluding hydrogens is 554 g/mol. The van der Waals surface area contributed by atoms with E-state index in [9.17, 15) is 0 Å². The van der Waals surface area contributed by atoms with Gasteiger partial charge in [0.15, 0.2) is 17.5 Å². The topological polar surface area (TPSA) is 57.1 Å². The van der Waals surface area contributed by atoms with E-state index < -0.39 is 0 Å². The molecule has 0 fully saturated rings. The Morgan fingerprint density at radius 1 is 0.622 bits per heavy atom. The Labute approximate surface area is 271 Å². The molecule has 0 aliphatic heterocycles. The van der Waals surface area contributed by atoms with Crippen LogP contribution in [0.1, 0.15) is 85.4 Å². The molecule has 4 rings (SSSR count). The van der Waals surface area contributed by atoms with Crippen molar-refractivity contribution in [1.82, 2.24) is 15.0 Å². The lowest BCUT2D eigenvalue weighted by atomic mass is 9.97. The molecule has 1 aromatic heterocycles. The van der Waals surface area contributed by atoms with Gasteiger partial charge in [-0.3, -0.25) is 0 Å². The van der Waals surface area contributed by atoms with Crippen LogP contribution < -0.4 is 4.74 Å². The summed E-state index contributed by atoms with van der Waals surface area (Å²) >= 11 is 0. The molecule has 0 radical (unpaired) electrons. The molecule has 0 N–H and O–H groups in total. The standard InChI is InChI=1S/C40H53N3O2/c1-11-13-14-33(12-2)24-44-22-27(5)23-45-34-15-16-35(28(6)21-34)38-41-39(36-29(7)17-25(3)18-30(36)8)43-40(42-38)37-31(9)19-26(4)20-32(37)10/h15-21,27,33H,11-14,22-24H2,1-10H3. The van der Waals surface area contributed by atoms with Crippen LogP contribution in [0.4, 0.5) is 0 Å². The first kappa shape index (κ1) is 34.3.